The summed E-state index contributed by atoms with van der Waals surface area (Å²) in [5.41, 5.74) is 0. The number of carbonyl (C=O) groups is 1. The summed E-state index contributed by atoms with van der Waals surface area (Å²) in [4.78, 5) is 12.4. The zero-order chi connectivity index (χ0) is 15.7. The average Bonchev–Trinajstić information content (AvgIpc) is 2.86. The van der Waals surface area contributed by atoms with Gasteiger partial charge in [-0.2, -0.15) is 0 Å². The maximum absolute atomic E-state index is 11.7. The Morgan fingerprint density at radius 1 is 1.19 bits per heavy atom. The Labute approximate surface area is 131 Å². The Morgan fingerprint density at radius 2 is 1.86 bits per heavy atom. The Bertz CT molecular complexity index is 538. The van der Waals surface area contributed by atoms with Gasteiger partial charge in [0.25, 0.3) is 0 Å². The number of unbranched alkanes of at least 4 members (excludes halogenated alkanes) is 5. The van der Waals surface area contributed by atoms with Crippen LogP contribution in [0.5, 0.6) is 0 Å². The highest BCUT2D eigenvalue weighted by Gasteiger charge is 2.12. The predicted octanol–water partition coefficient (Wildman–Crippen LogP) is 2.41. The topological polar surface area (TPSA) is 89.3 Å². The zero-order valence-electron chi connectivity index (χ0n) is 12.4. The highest BCUT2D eigenvalue weighted by atomic mass is 32.2. The molecule has 0 aliphatic carbocycles. The lowest BCUT2D eigenvalue weighted by Gasteiger charge is -2.04. The third-order valence-electron chi connectivity index (χ3n) is 3.10. The molecule has 3 N–H and O–H groups in total. The Morgan fingerprint density at radius 3 is 2.48 bits per heavy atom. The molecule has 21 heavy (non-hydrogen) atoms. The van der Waals surface area contributed by atoms with E-state index in [1.807, 2.05) is 0 Å². The molecule has 0 radical (unpaired) electrons. The summed E-state index contributed by atoms with van der Waals surface area (Å²) in [6.45, 7) is 2.87. The normalized spacial score (nSPS) is 11.5. The van der Waals surface area contributed by atoms with Crippen molar-refractivity contribution in [1.82, 2.24) is 5.32 Å². The van der Waals surface area contributed by atoms with Crippen molar-refractivity contribution in [1.29, 1.82) is 0 Å². The van der Waals surface area contributed by atoms with E-state index in [9.17, 15) is 13.2 Å². The number of nitrogens with two attached hydrogens (primary N) is 1. The van der Waals surface area contributed by atoms with Gasteiger partial charge in [0.05, 0.1) is 6.42 Å². The quantitative estimate of drug-likeness (QED) is 0.645. The van der Waals surface area contributed by atoms with Gasteiger partial charge in [-0.05, 0) is 18.6 Å². The summed E-state index contributed by atoms with van der Waals surface area (Å²) < 4.78 is 22.4. The number of amides is 1. The summed E-state index contributed by atoms with van der Waals surface area (Å²) in [6.07, 6.45) is 7.31. The second-order valence-corrected chi connectivity index (χ2v) is 8.02. The molecule has 0 saturated carbocycles. The minimum absolute atomic E-state index is 0.0774. The van der Waals surface area contributed by atoms with Crippen LogP contribution in [0.3, 0.4) is 0 Å². The Hall–Kier alpha value is -0.920. The molecule has 5 nitrogen and oxygen atoms in total. The summed E-state index contributed by atoms with van der Waals surface area (Å²) in [5, 5.41) is 7.89. The zero-order valence-corrected chi connectivity index (χ0v) is 14.1. The molecule has 1 aromatic rings. The third-order valence-corrected chi connectivity index (χ3v) is 5.63. The number of hydrogen-bond donors (Lipinski definition) is 2. The lowest BCUT2D eigenvalue weighted by atomic mass is 10.1. The molecule has 0 aliphatic heterocycles. The fourth-order valence-corrected chi connectivity index (χ4v) is 3.74. The van der Waals surface area contributed by atoms with E-state index in [1.165, 1.54) is 31.7 Å². The van der Waals surface area contributed by atoms with Gasteiger partial charge in [-0.1, -0.05) is 39.0 Å². The lowest BCUT2D eigenvalue weighted by molar-refractivity contribution is -0.120. The van der Waals surface area contributed by atoms with E-state index in [0.29, 0.717) is 11.4 Å². The van der Waals surface area contributed by atoms with Gasteiger partial charge in [0, 0.05) is 11.4 Å². The van der Waals surface area contributed by atoms with Crippen molar-refractivity contribution < 1.29 is 13.2 Å². The van der Waals surface area contributed by atoms with Gasteiger partial charge < -0.3 is 5.32 Å². The fraction of sp³-hybridized carbons (Fsp3) is 0.643. The molecule has 0 aliphatic rings. The number of hydrogen-bond acceptors (Lipinski definition) is 4. The number of carbonyl (C=O) groups excluding carboxylic acids is 1. The highest BCUT2D eigenvalue weighted by Crippen LogP contribution is 2.20. The molecule has 7 heteroatoms. The van der Waals surface area contributed by atoms with E-state index in [1.54, 1.807) is 6.07 Å². The third kappa shape index (κ3) is 7.59. The van der Waals surface area contributed by atoms with Crippen LogP contribution in [0, 0.1) is 0 Å². The van der Waals surface area contributed by atoms with Gasteiger partial charge in [-0.15, -0.1) is 11.3 Å². The molecule has 120 valence electrons. The van der Waals surface area contributed by atoms with E-state index in [4.69, 9.17) is 5.14 Å². The first-order valence-corrected chi connectivity index (χ1v) is 9.68. The van der Waals surface area contributed by atoms with Gasteiger partial charge >= 0.3 is 0 Å². The summed E-state index contributed by atoms with van der Waals surface area (Å²) in [5.74, 6) is -0.0774. The molecule has 0 unspecified atom stereocenters. The number of sulfonamides is 1. The SMILES string of the molecule is CCCCCCCCNC(=O)Cc1ccc(S(N)(=O)=O)s1. The van der Waals surface area contributed by atoms with Gasteiger partial charge in [0.15, 0.2) is 0 Å². The summed E-state index contributed by atoms with van der Waals surface area (Å²) in [7, 11) is -3.66. The second-order valence-electron chi connectivity index (χ2n) is 5.06. The smallest absolute Gasteiger partial charge is 0.247 e. The number of primary sulfonamides is 1. The van der Waals surface area contributed by atoms with Crippen LogP contribution < -0.4 is 10.5 Å². The molecular weight excluding hydrogens is 308 g/mol. The summed E-state index contributed by atoms with van der Waals surface area (Å²) in [6, 6.07) is 3.07. The van der Waals surface area contributed by atoms with Crippen molar-refractivity contribution in [2.24, 2.45) is 5.14 Å². The van der Waals surface area contributed by atoms with Crippen molar-refractivity contribution in [3.05, 3.63) is 17.0 Å². The molecule has 0 aromatic carbocycles. The van der Waals surface area contributed by atoms with Crippen LogP contribution >= 0.6 is 11.3 Å². The van der Waals surface area contributed by atoms with Crippen LogP contribution in [0.2, 0.25) is 0 Å². The largest absolute Gasteiger partial charge is 0.356 e. The van der Waals surface area contributed by atoms with Crippen LogP contribution in [0.25, 0.3) is 0 Å². The Balaban J connectivity index is 2.21. The number of nitrogens with one attached hydrogen (secondary N) is 1. The number of thiophene rings is 1. The molecule has 1 amide bonds. The molecule has 0 saturated heterocycles. The maximum atomic E-state index is 11.7. The molecule has 0 fully saturated rings. The molecule has 0 spiro atoms. The first-order chi connectivity index (χ1) is 9.93. The van der Waals surface area contributed by atoms with Crippen LogP contribution in [0.15, 0.2) is 16.3 Å². The van der Waals surface area contributed by atoms with Gasteiger partial charge in [0.2, 0.25) is 15.9 Å². The van der Waals surface area contributed by atoms with E-state index in [0.717, 1.165) is 24.2 Å². The fourth-order valence-electron chi connectivity index (χ4n) is 1.96. The molecular formula is C14H24N2O3S2. The summed E-state index contributed by atoms with van der Waals surface area (Å²) >= 11 is 1.05. The molecule has 1 aromatic heterocycles. The minimum atomic E-state index is -3.66. The van der Waals surface area contributed by atoms with E-state index in [-0.39, 0.29) is 16.5 Å². The lowest BCUT2D eigenvalue weighted by Crippen LogP contribution is -2.25. The van der Waals surface area contributed by atoms with E-state index in [2.05, 4.69) is 12.2 Å². The standard InChI is InChI=1S/C14H24N2O3S2/c1-2-3-4-5-6-7-10-16-13(17)11-12-8-9-14(20-12)21(15,18)19/h8-9H,2-7,10-11H2,1H3,(H,16,17)(H2,15,18,19). The Kier molecular flexibility index (Phi) is 7.92. The van der Waals surface area contributed by atoms with Crippen LogP contribution in [-0.2, 0) is 21.2 Å². The highest BCUT2D eigenvalue weighted by molar-refractivity contribution is 7.91. The molecule has 1 heterocycles. The van der Waals surface area contributed by atoms with Gasteiger partial charge in [-0.25, -0.2) is 13.6 Å². The number of rotatable bonds is 10. The van der Waals surface area contributed by atoms with E-state index < -0.39 is 10.0 Å². The van der Waals surface area contributed by atoms with Crippen molar-refractivity contribution in [2.75, 3.05) is 6.54 Å². The maximum Gasteiger partial charge on any atom is 0.247 e. The first-order valence-electron chi connectivity index (χ1n) is 7.31. The molecule has 0 atom stereocenters. The minimum Gasteiger partial charge on any atom is -0.356 e. The van der Waals surface area contributed by atoms with Crippen molar-refractivity contribution >= 4 is 27.3 Å². The molecule has 0 bridgehead atoms. The monoisotopic (exact) mass is 332 g/mol. The van der Waals surface area contributed by atoms with Crippen molar-refractivity contribution in [3.8, 4) is 0 Å². The van der Waals surface area contributed by atoms with Gasteiger partial charge in [0.1, 0.15) is 4.21 Å². The average molecular weight is 332 g/mol. The van der Waals surface area contributed by atoms with Crippen molar-refractivity contribution in [3.63, 3.8) is 0 Å². The predicted molar refractivity (Wildman–Crippen MR) is 85.8 cm³/mol. The van der Waals surface area contributed by atoms with Gasteiger partial charge in [-0.3, -0.25) is 4.79 Å². The van der Waals surface area contributed by atoms with Crippen LogP contribution in [0.4, 0.5) is 0 Å². The second kappa shape index (κ2) is 9.17. The van der Waals surface area contributed by atoms with E-state index >= 15 is 0 Å². The van der Waals surface area contributed by atoms with Crippen LogP contribution in [0.1, 0.15) is 50.3 Å². The van der Waals surface area contributed by atoms with Crippen molar-refractivity contribution in [2.45, 2.75) is 56.1 Å². The first kappa shape index (κ1) is 18.1. The van der Waals surface area contributed by atoms with Crippen LogP contribution in [-0.4, -0.2) is 20.9 Å². The molecule has 1 rings (SSSR count).